The van der Waals surface area contributed by atoms with Crippen LogP contribution in [0.1, 0.15) is 32.8 Å². The third kappa shape index (κ3) is 3.50. The predicted molar refractivity (Wildman–Crippen MR) is 86.9 cm³/mol. The third-order valence-electron chi connectivity index (χ3n) is 4.58. The zero-order chi connectivity index (χ0) is 16.7. The fourth-order valence-electron chi connectivity index (χ4n) is 3.51. The Balaban J connectivity index is 1.67. The van der Waals surface area contributed by atoms with E-state index >= 15 is 4.39 Å². The maximum absolute atomic E-state index is 15.2. The summed E-state index contributed by atoms with van der Waals surface area (Å²) in [6.07, 6.45) is 0.0626. The van der Waals surface area contributed by atoms with Gasteiger partial charge in [0.2, 0.25) is 0 Å². The number of carbonyl (C=O) groups excluding carboxylic acids is 1. The molecule has 0 unspecified atom stereocenters. The SMILES string of the molecule is CC(C)(C)OC(=O)N1C[C@@H]2N(Cc3ccccc3)CC[C@]2(F)C1. The Bertz CT molecular complexity index is 572. The standard InChI is InChI=1S/C18H25FN2O2/c1-17(2,3)23-16(22)21-12-15-18(19,13-21)9-10-20(15)11-14-7-5-4-6-8-14/h4-8,15H,9-13H2,1-3H3/t15-,18-/m0/s1. The Hall–Kier alpha value is -1.62. The van der Waals surface area contributed by atoms with Crippen molar-refractivity contribution in [2.75, 3.05) is 19.6 Å². The van der Waals surface area contributed by atoms with Gasteiger partial charge in [-0.05, 0) is 32.8 Å². The lowest BCUT2D eigenvalue weighted by atomic mass is 10.0. The summed E-state index contributed by atoms with van der Waals surface area (Å²) in [5, 5.41) is 0. The number of fused-ring (bicyclic) bond motifs is 1. The first kappa shape index (κ1) is 16.2. The summed E-state index contributed by atoms with van der Waals surface area (Å²) in [5.74, 6) is 0. The van der Waals surface area contributed by atoms with Crippen LogP contribution in [0.5, 0.6) is 0 Å². The first-order chi connectivity index (χ1) is 10.8. The van der Waals surface area contributed by atoms with Crippen molar-refractivity contribution in [2.24, 2.45) is 0 Å². The lowest BCUT2D eigenvalue weighted by Crippen LogP contribution is -2.40. The van der Waals surface area contributed by atoms with Crippen molar-refractivity contribution in [1.29, 1.82) is 0 Å². The molecule has 2 aliphatic rings. The monoisotopic (exact) mass is 320 g/mol. The summed E-state index contributed by atoms with van der Waals surface area (Å²) < 4.78 is 20.6. The van der Waals surface area contributed by atoms with Gasteiger partial charge < -0.3 is 9.64 Å². The van der Waals surface area contributed by atoms with Crippen molar-refractivity contribution < 1.29 is 13.9 Å². The number of halogens is 1. The minimum absolute atomic E-state index is 0.137. The molecule has 0 aliphatic carbocycles. The molecule has 2 heterocycles. The molecular formula is C18H25FN2O2. The molecule has 1 aromatic rings. The first-order valence-corrected chi connectivity index (χ1v) is 8.22. The van der Waals surface area contributed by atoms with Crippen LogP contribution in [-0.2, 0) is 11.3 Å². The Kier molecular flexibility index (Phi) is 4.08. The average molecular weight is 320 g/mol. The number of rotatable bonds is 2. The fraction of sp³-hybridized carbons (Fsp3) is 0.611. The second-order valence-electron chi connectivity index (χ2n) is 7.62. The topological polar surface area (TPSA) is 32.8 Å². The van der Waals surface area contributed by atoms with Crippen LogP contribution in [0.4, 0.5) is 9.18 Å². The number of hydrogen-bond donors (Lipinski definition) is 0. The molecule has 0 bridgehead atoms. The van der Waals surface area contributed by atoms with Gasteiger partial charge in [0.1, 0.15) is 11.3 Å². The molecule has 1 aromatic carbocycles. The van der Waals surface area contributed by atoms with Crippen LogP contribution in [0.2, 0.25) is 0 Å². The summed E-state index contributed by atoms with van der Waals surface area (Å²) in [6.45, 7) is 7.48. The summed E-state index contributed by atoms with van der Waals surface area (Å²) >= 11 is 0. The molecule has 0 aromatic heterocycles. The molecule has 0 spiro atoms. The van der Waals surface area contributed by atoms with Gasteiger partial charge in [-0.3, -0.25) is 4.90 Å². The molecule has 3 rings (SSSR count). The number of amides is 1. The summed E-state index contributed by atoms with van der Waals surface area (Å²) in [6, 6.07) is 9.84. The van der Waals surface area contributed by atoms with E-state index in [1.165, 1.54) is 10.5 Å². The fourth-order valence-corrected chi connectivity index (χ4v) is 3.51. The summed E-state index contributed by atoms with van der Waals surface area (Å²) in [5.41, 5.74) is -0.694. The zero-order valence-electron chi connectivity index (χ0n) is 14.1. The van der Waals surface area contributed by atoms with Crippen LogP contribution < -0.4 is 0 Å². The number of carbonyl (C=O) groups is 1. The van der Waals surface area contributed by atoms with Crippen molar-refractivity contribution in [3.05, 3.63) is 35.9 Å². The van der Waals surface area contributed by atoms with E-state index in [2.05, 4.69) is 17.0 Å². The van der Waals surface area contributed by atoms with Crippen molar-refractivity contribution in [1.82, 2.24) is 9.80 Å². The van der Waals surface area contributed by atoms with Crippen molar-refractivity contribution in [3.8, 4) is 0 Å². The number of benzene rings is 1. The highest BCUT2D eigenvalue weighted by Crippen LogP contribution is 2.39. The van der Waals surface area contributed by atoms with E-state index in [4.69, 9.17) is 4.74 Å². The van der Waals surface area contributed by atoms with Crippen LogP contribution in [0, 0.1) is 0 Å². The molecule has 0 radical (unpaired) electrons. The third-order valence-corrected chi connectivity index (χ3v) is 4.58. The number of alkyl halides is 1. The van der Waals surface area contributed by atoms with E-state index in [1.54, 1.807) is 0 Å². The Labute approximate surface area is 137 Å². The largest absolute Gasteiger partial charge is 0.444 e. The molecule has 126 valence electrons. The van der Waals surface area contributed by atoms with Crippen LogP contribution in [0.15, 0.2) is 30.3 Å². The van der Waals surface area contributed by atoms with Crippen LogP contribution in [0.25, 0.3) is 0 Å². The molecule has 1 amide bonds. The van der Waals surface area contributed by atoms with Gasteiger partial charge >= 0.3 is 6.09 Å². The Morgan fingerprint density at radius 3 is 2.70 bits per heavy atom. The van der Waals surface area contributed by atoms with Crippen LogP contribution >= 0.6 is 0 Å². The summed E-state index contributed by atoms with van der Waals surface area (Å²) in [4.78, 5) is 15.9. The maximum atomic E-state index is 15.2. The molecule has 2 atom stereocenters. The van der Waals surface area contributed by atoms with Gasteiger partial charge in [0, 0.05) is 19.6 Å². The second kappa shape index (κ2) is 5.78. The second-order valence-corrected chi connectivity index (χ2v) is 7.62. The lowest BCUT2D eigenvalue weighted by Gasteiger charge is -2.26. The number of likely N-dealkylation sites (tertiary alicyclic amines) is 2. The lowest BCUT2D eigenvalue weighted by molar-refractivity contribution is 0.0253. The maximum Gasteiger partial charge on any atom is 0.410 e. The van der Waals surface area contributed by atoms with Gasteiger partial charge in [0.15, 0.2) is 0 Å². The zero-order valence-corrected chi connectivity index (χ0v) is 14.1. The summed E-state index contributed by atoms with van der Waals surface area (Å²) in [7, 11) is 0. The van der Waals surface area contributed by atoms with E-state index in [9.17, 15) is 4.79 Å². The first-order valence-electron chi connectivity index (χ1n) is 8.22. The van der Waals surface area contributed by atoms with E-state index < -0.39 is 17.4 Å². The molecule has 2 fully saturated rings. The number of nitrogens with zero attached hydrogens (tertiary/aromatic N) is 2. The molecule has 5 heteroatoms. The van der Waals surface area contributed by atoms with Gasteiger partial charge in [-0.2, -0.15) is 0 Å². The van der Waals surface area contributed by atoms with E-state index in [1.807, 2.05) is 39.0 Å². The van der Waals surface area contributed by atoms with Gasteiger partial charge in [0.25, 0.3) is 0 Å². The molecule has 2 aliphatic heterocycles. The Morgan fingerprint density at radius 1 is 1.35 bits per heavy atom. The van der Waals surface area contributed by atoms with Gasteiger partial charge in [0.05, 0.1) is 12.6 Å². The van der Waals surface area contributed by atoms with E-state index in [0.717, 1.165) is 13.1 Å². The van der Waals surface area contributed by atoms with E-state index in [0.29, 0.717) is 13.0 Å². The van der Waals surface area contributed by atoms with E-state index in [-0.39, 0.29) is 12.6 Å². The molecule has 4 nitrogen and oxygen atoms in total. The highest BCUT2D eigenvalue weighted by atomic mass is 19.1. The van der Waals surface area contributed by atoms with Gasteiger partial charge in [-0.25, -0.2) is 9.18 Å². The van der Waals surface area contributed by atoms with Crippen LogP contribution in [-0.4, -0.2) is 52.8 Å². The Morgan fingerprint density at radius 2 is 2.04 bits per heavy atom. The molecule has 0 N–H and O–H groups in total. The van der Waals surface area contributed by atoms with Crippen LogP contribution in [0.3, 0.4) is 0 Å². The average Bonchev–Trinajstić information content (AvgIpc) is 2.94. The van der Waals surface area contributed by atoms with Crippen molar-refractivity contribution in [2.45, 2.75) is 51.0 Å². The highest BCUT2D eigenvalue weighted by molar-refractivity contribution is 5.69. The quantitative estimate of drug-likeness (QED) is 0.839. The minimum Gasteiger partial charge on any atom is -0.444 e. The minimum atomic E-state index is -1.31. The number of ether oxygens (including phenoxy) is 1. The molecule has 23 heavy (non-hydrogen) atoms. The molecular weight excluding hydrogens is 295 g/mol. The predicted octanol–water partition coefficient (Wildman–Crippen LogP) is 3.22. The normalized spacial score (nSPS) is 28.0. The van der Waals surface area contributed by atoms with Gasteiger partial charge in [-0.1, -0.05) is 30.3 Å². The highest BCUT2D eigenvalue weighted by Gasteiger charge is 2.55. The van der Waals surface area contributed by atoms with Crippen molar-refractivity contribution >= 4 is 6.09 Å². The number of hydrogen-bond acceptors (Lipinski definition) is 3. The van der Waals surface area contributed by atoms with Crippen molar-refractivity contribution in [3.63, 3.8) is 0 Å². The molecule has 2 saturated heterocycles. The molecule has 0 saturated carbocycles. The van der Waals surface area contributed by atoms with Gasteiger partial charge in [-0.15, -0.1) is 0 Å². The smallest absolute Gasteiger partial charge is 0.410 e.